The van der Waals surface area contributed by atoms with E-state index in [2.05, 4.69) is 0 Å². The molecule has 27 heavy (non-hydrogen) atoms. The number of carbonyl (C=O) groups is 2. The molecular weight excluding hydrogens is 392 g/mol. The fourth-order valence-electron chi connectivity index (χ4n) is 2.70. The summed E-state index contributed by atoms with van der Waals surface area (Å²) in [6.07, 6.45) is 1.52. The van der Waals surface area contributed by atoms with Gasteiger partial charge in [-0.3, -0.25) is 9.59 Å². The third kappa shape index (κ3) is 3.22. The summed E-state index contributed by atoms with van der Waals surface area (Å²) in [5.41, 5.74) is -0.0515. The fraction of sp³-hybridized carbons (Fsp3) is 0.0526. The van der Waals surface area contributed by atoms with E-state index < -0.39 is 23.4 Å². The second-order valence-electron chi connectivity index (χ2n) is 5.59. The molecule has 0 saturated heterocycles. The van der Waals surface area contributed by atoms with Crippen LogP contribution >= 0.6 is 23.1 Å². The Labute approximate surface area is 161 Å². The number of furan rings is 1. The van der Waals surface area contributed by atoms with E-state index in [-0.39, 0.29) is 16.2 Å². The van der Waals surface area contributed by atoms with Crippen molar-refractivity contribution in [1.82, 2.24) is 0 Å². The van der Waals surface area contributed by atoms with Crippen molar-refractivity contribution >= 4 is 46.2 Å². The number of thiophene rings is 1. The molecule has 0 N–H and O–H groups in total. The van der Waals surface area contributed by atoms with Crippen LogP contribution in [-0.4, -0.2) is 11.8 Å². The van der Waals surface area contributed by atoms with Gasteiger partial charge in [-0.25, -0.2) is 13.7 Å². The van der Waals surface area contributed by atoms with Crippen LogP contribution in [0.2, 0.25) is 0 Å². The number of thioether (sulfide) groups is 1. The summed E-state index contributed by atoms with van der Waals surface area (Å²) in [6.45, 7) is 0. The first-order chi connectivity index (χ1) is 13.1. The molecule has 3 heterocycles. The lowest BCUT2D eigenvalue weighted by atomic mass is 10.2. The minimum absolute atomic E-state index is 0.211. The van der Waals surface area contributed by atoms with Gasteiger partial charge in [-0.2, -0.15) is 0 Å². The molecular formula is C19H11F2NO3S2. The first kappa shape index (κ1) is 17.7. The predicted molar refractivity (Wildman–Crippen MR) is 100 cm³/mol. The number of anilines is 1. The molecule has 4 rings (SSSR count). The molecule has 1 aromatic carbocycles. The first-order valence-electron chi connectivity index (χ1n) is 7.83. The average Bonchev–Trinajstić information content (AvgIpc) is 3.36. The lowest BCUT2D eigenvalue weighted by molar-refractivity contribution is -0.119. The number of amides is 2. The first-order valence-corrected chi connectivity index (χ1v) is 9.70. The minimum Gasteiger partial charge on any atom is -0.468 e. The van der Waals surface area contributed by atoms with Crippen LogP contribution in [0.4, 0.5) is 14.5 Å². The highest BCUT2D eigenvalue weighted by Gasteiger charge is 2.41. The van der Waals surface area contributed by atoms with Crippen LogP contribution in [0.25, 0.3) is 5.57 Å². The molecule has 0 aliphatic carbocycles. The van der Waals surface area contributed by atoms with E-state index in [9.17, 15) is 18.4 Å². The van der Waals surface area contributed by atoms with Crippen LogP contribution in [0, 0.1) is 11.6 Å². The molecule has 0 radical (unpaired) electrons. The fourth-order valence-corrected chi connectivity index (χ4v) is 4.54. The van der Waals surface area contributed by atoms with Crippen molar-refractivity contribution in [3.8, 4) is 0 Å². The monoisotopic (exact) mass is 403 g/mol. The summed E-state index contributed by atoms with van der Waals surface area (Å²) in [4.78, 5) is 27.5. The van der Waals surface area contributed by atoms with Gasteiger partial charge in [-0.15, -0.1) is 23.1 Å². The smallest absolute Gasteiger partial charge is 0.272 e. The molecule has 0 saturated carbocycles. The van der Waals surface area contributed by atoms with Gasteiger partial charge in [0.05, 0.1) is 28.2 Å². The highest BCUT2D eigenvalue weighted by atomic mass is 32.2. The molecule has 0 fully saturated rings. The zero-order chi connectivity index (χ0) is 19.0. The van der Waals surface area contributed by atoms with Crippen LogP contribution in [0.3, 0.4) is 0 Å². The number of carbonyl (C=O) groups excluding carboxylic acids is 2. The number of imide groups is 1. The Hall–Kier alpha value is -2.71. The minimum atomic E-state index is -0.973. The van der Waals surface area contributed by atoms with Gasteiger partial charge >= 0.3 is 0 Å². The van der Waals surface area contributed by atoms with Gasteiger partial charge in [0.2, 0.25) is 0 Å². The number of rotatable bonds is 5. The van der Waals surface area contributed by atoms with Crippen molar-refractivity contribution in [2.75, 3.05) is 4.90 Å². The molecule has 2 amide bonds. The lowest BCUT2D eigenvalue weighted by Gasteiger charge is -2.15. The molecule has 0 bridgehead atoms. The maximum atomic E-state index is 14.2. The number of halogens is 2. The Balaban J connectivity index is 1.74. The van der Waals surface area contributed by atoms with Gasteiger partial charge in [0.15, 0.2) is 0 Å². The van der Waals surface area contributed by atoms with Gasteiger partial charge in [0, 0.05) is 10.9 Å². The van der Waals surface area contributed by atoms with Gasteiger partial charge < -0.3 is 4.42 Å². The molecule has 1 aliphatic rings. The maximum absolute atomic E-state index is 14.2. The second-order valence-corrected chi connectivity index (χ2v) is 7.52. The zero-order valence-electron chi connectivity index (χ0n) is 13.6. The quantitative estimate of drug-likeness (QED) is 0.572. The number of nitrogens with zero attached hydrogens (tertiary/aromatic N) is 1. The van der Waals surface area contributed by atoms with E-state index in [1.54, 1.807) is 29.6 Å². The van der Waals surface area contributed by atoms with E-state index in [4.69, 9.17) is 4.42 Å². The van der Waals surface area contributed by atoms with E-state index in [0.29, 0.717) is 22.5 Å². The molecule has 0 atom stereocenters. The van der Waals surface area contributed by atoms with E-state index in [0.717, 1.165) is 28.8 Å². The number of hydrogen-bond donors (Lipinski definition) is 0. The summed E-state index contributed by atoms with van der Waals surface area (Å²) in [5.74, 6) is -2.03. The van der Waals surface area contributed by atoms with Gasteiger partial charge in [0.1, 0.15) is 17.4 Å². The van der Waals surface area contributed by atoms with Gasteiger partial charge in [-0.1, -0.05) is 6.07 Å². The Kier molecular flexibility index (Phi) is 4.67. The summed E-state index contributed by atoms with van der Waals surface area (Å²) in [7, 11) is 0. The summed E-state index contributed by atoms with van der Waals surface area (Å²) >= 11 is 2.46. The molecule has 2 aromatic heterocycles. The average molecular weight is 403 g/mol. The highest BCUT2D eigenvalue weighted by molar-refractivity contribution is 8.03. The Morgan fingerprint density at radius 1 is 1.07 bits per heavy atom. The van der Waals surface area contributed by atoms with Crippen molar-refractivity contribution in [2.24, 2.45) is 0 Å². The normalized spacial score (nSPS) is 14.5. The third-order valence-electron chi connectivity index (χ3n) is 3.90. The maximum Gasteiger partial charge on any atom is 0.272 e. The molecule has 136 valence electrons. The summed E-state index contributed by atoms with van der Waals surface area (Å²) in [5, 5.41) is 1.79. The number of hydrogen-bond acceptors (Lipinski definition) is 5. The van der Waals surface area contributed by atoms with E-state index >= 15 is 0 Å². The van der Waals surface area contributed by atoms with Gasteiger partial charge in [0.25, 0.3) is 11.8 Å². The second kappa shape index (κ2) is 7.13. The molecule has 0 unspecified atom stereocenters. The van der Waals surface area contributed by atoms with Crippen molar-refractivity contribution in [3.63, 3.8) is 0 Å². The van der Waals surface area contributed by atoms with Crippen LogP contribution in [0.5, 0.6) is 0 Å². The summed E-state index contributed by atoms with van der Waals surface area (Å²) < 4.78 is 32.7. The van der Waals surface area contributed by atoms with Crippen molar-refractivity contribution in [3.05, 3.63) is 81.3 Å². The van der Waals surface area contributed by atoms with Crippen molar-refractivity contribution < 1.29 is 22.8 Å². The standard InChI is InChI=1S/C19H11F2NO3S2/c20-11-5-6-14(13(21)9-11)22-18(23)16(15-4-2-8-26-15)17(19(22)24)27-10-12-3-1-7-25-12/h1-9H,10H2. The van der Waals surface area contributed by atoms with Crippen LogP contribution < -0.4 is 4.90 Å². The third-order valence-corrected chi connectivity index (χ3v) is 5.88. The SMILES string of the molecule is O=C1C(SCc2ccco2)=C(c2cccs2)C(=O)N1c1ccc(F)cc1F. The molecule has 3 aromatic rings. The van der Waals surface area contributed by atoms with Crippen molar-refractivity contribution in [1.29, 1.82) is 0 Å². The van der Waals surface area contributed by atoms with E-state index in [1.807, 2.05) is 0 Å². The van der Waals surface area contributed by atoms with Crippen LogP contribution in [-0.2, 0) is 15.3 Å². The van der Waals surface area contributed by atoms with E-state index in [1.165, 1.54) is 17.6 Å². The molecule has 8 heteroatoms. The molecule has 1 aliphatic heterocycles. The molecule has 4 nitrogen and oxygen atoms in total. The zero-order valence-corrected chi connectivity index (χ0v) is 15.3. The number of benzene rings is 1. The molecule has 0 spiro atoms. The lowest BCUT2D eigenvalue weighted by Crippen LogP contribution is -2.32. The highest BCUT2D eigenvalue weighted by Crippen LogP contribution is 2.41. The van der Waals surface area contributed by atoms with Crippen LogP contribution in [0.15, 0.2) is 63.4 Å². The predicted octanol–water partition coefficient (Wildman–Crippen LogP) is 4.84. The topological polar surface area (TPSA) is 50.5 Å². The van der Waals surface area contributed by atoms with Crippen molar-refractivity contribution in [2.45, 2.75) is 5.75 Å². The summed E-state index contributed by atoms with van der Waals surface area (Å²) in [6, 6.07) is 9.73. The Bertz CT molecular complexity index is 1040. The Morgan fingerprint density at radius 2 is 1.93 bits per heavy atom. The Morgan fingerprint density at radius 3 is 2.59 bits per heavy atom. The van der Waals surface area contributed by atoms with Gasteiger partial charge in [-0.05, 0) is 35.7 Å². The van der Waals surface area contributed by atoms with Crippen LogP contribution in [0.1, 0.15) is 10.6 Å². The largest absolute Gasteiger partial charge is 0.468 e.